The van der Waals surface area contributed by atoms with E-state index in [2.05, 4.69) is 10.3 Å². The fraction of sp³-hybridized carbons (Fsp3) is 0.333. The van der Waals surface area contributed by atoms with E-state index in [1.165, 1.54) is 6.20 Å². The summed E-state index contributed by atoms with van der Waals surface area (Å²) in [5, 5.41) is 12.0. The SMILES string of the molecule is CN[C@@H](Cc1cncc(Cl)c1)C(=O)O. The Morgan fingerprint density at radius 2 is 2.43 bits per heavy atom. The van der Waals surface area contributed by atoms with E-state index in [4.69, 9.17) is 16.7 Å². The predicted octanol–water partition coefficient (Wildman–Crippen LogP) is 0.950. The molecule has 0 unspecified atom stereocenters. The second-order valence-corrected chi connectivity index (χ2v) is 3.33. The fourth-order valence-electron chi connectivity index (χ4n) is 1.12. The summed E-state index contributed by atoms with van der Waals surface area (Å²) >= 11 is 5.72. The van der Waals surface area contributed by atoms with Crippen molar-refractivity contribution in [2.24, 2.45) is 0 Å². The van der Waals surface area contributed by atoms with Crippen molar-refractivity contribution in [1.82, 2.24) is 10.3 Å². The van der Waals surface area contributed by atoms with Gasteiger partial charge in [-0.1, -0.05) is 11.6 Å². The van der Waals surface area contributed by atoms with Crippen LogP contribution in [0.1, 0.15) is 5.56 Å². The molecule has 5 heteroatoms. The average molecular weight is 215 g/mol. The number of likely N-dealkylation sites (N-methyl/N-ethyl adjacent to an activating group) is 1. The molecular weight excluding hydrogens is 204 g/mol. The number of hydrogen-bond acceptors (Lipinski definition) is 3. The third kappa shape index (κ3) is 2.97. The van der Waals surface area contributed by atoms with Crippen LogP contribution in [0.4, 0.5) is 0 Å². The quantitative estimate of drug-likeness (QED) is 0.784. The van der Waals surface area contributed by atoms with E-state index in [-0.39, 0.29) is 0 Å². The molecular formula is C9H11ClN2O2. The highest BCUT2D eigenvalue weighted by Gasteiger charge is 2.15. The Labute approximate surface area is 86.9 Å². The molecule has 0 radical (unpaired) electrons. The minimum absolute atomic E-state index is 0.374. The lowest BCUT2D eigenvalue weighted by molar-refractivity contribution is -0.139. The molecule has 0 amide bonds. The number of pyridine rings is 1. The van der Waals surface area contributed by atoms with Crippen LogP contribution >= 0.6 is 11.6 Å². The molecule has 4 nitrogen and oxygen atoms in total. The maximum absolute atomic E-state index is 10.7. The number of halogens is 1. The minimum atomic E-state index is -0.882. The Morgan fingerprint density at radius 3 is 2.93 bits per heavy atom. The van der Waals surface area contributed by atoms with E-state index in [1.54, 1.807) is 19.3 Å². The topological polar surface area (TPSA) is 62.2 Å². The van der Waals surface area contributed by atoms with Gasteiger partial charge in [0.15, 0.2) is 0 Å². The van der Waals surface area contributed by atoms with Crippen molar-refractivity contribution >= 4 is 17.6 Å². The molecule has 0 saturated heterocycles. The molecule has 0 aliphatic carbocycles. The van der Waals surface area contributed by atoms with Crippen LogP contribution in [0.15, 0.2) is 18.5 Å². The van der Waals surface area contributed by atoms with E-state index >= 15 is 0 Å². The van der Waals surface area contributed by atoms with Gasteiger partial charge in [0.2, 0.25) is 0 Å². The molecule has 0 saturated carbocycles. The van der Waals surface area contributed by atoms with Gasteiger partial charge in [-0.15, -0.1) is 0 Å². The van der Waals surface area contributed by atoms with Gasteiger partial charge < -0.3 is 10.4 Å². The standard InChI is InChI=1S/C9H11ClN2O2/c1-11-8(9(13)14)3-6-2-7(10)5-12-4-6/h2,4-5,8,11H,3H2,1H3,(H,13,14)/t8-/m0/s1. The van der Waals surface area contributed by atoms with Crippen LogP contribution in [0, 0.1) is 0 Å². The number of nitrogens with zero attached hydrogens (tertiary/aromatic N) is 1. The summed E-state index contributed by atoms with van der Waals surface area (Å²) in [7, 11) is 1.61. The Hall–Kier alpha value is -1.13. The first-order valence-electron chi connectivity index (χ1n) is 4.13. The second kappa shape index (κ2) is 4.93. The third-order valence-electron chi connectivity index (χ3n) is 1.85. The van der Waals surface area contributed by atoms with Crippen LogP contribution in [0.3, 0.4) is 0 Å². The number of rotatable bonds is 4. The van der Waals surface area contributed by atoms with Crippen LogP contribution < -0.4 is 5.32 Å². The van der Waals surface area contributed by atoms with Gasteiger partial charge >= 0.3 is 5.97 Å². The molecule has 1 heterocycles. The summed E-state index contributed by atoms with van der Waals surface area (Å²) in [4.78, 5) is 14.6. The molecule has 0 aromatic carbocycles. The summed E-state index contributed by atoms with van der Waals surface area (Å²) in [5.74, 6) is -0.882. The lowest BCUT2D eigenvalue weighted by Gasteiger charge is -2.10. The van der Waals surface area contributed by atoms with Gasteiger partial charge in [0.1, 0.15) is 6.04 Å². The molecule has 76 valence electrons. The van der Waals surface area contributed by atoms with Gasteiger partial charge in [0, 0.05) is 12.4 Å². The van der Waals surface area contributed by atoms with E-state index in [1.807, 2.05) is 0 Å². The van der Waals surface area contributed by atoms with Gasteiger partial charge in [0.25, 0.3) is 0 Å². The van der Waals surface area contributed by atoms with Crippen LogP contribution in [-0.2, 0) is 11.2 Å². The van der Waals surface area contributed by atoms with Gasteiger partial charge in [-0.2, -0.15) is 0 Å². The lowest BCUT2D eigenvalue weighted by Crippen LogP contribution is -2.35. The first-order valence-corrected chi connectivity index (χ1v) is 4.50. The van der Waals surface area contributed by atoms with Crippen molar-refractivity contribution in [1.29, 1.82) is 0 Å². The van der Waals surface area contributed by atoms with Crippen LogP contribution in [0.5, 0.6) is 0 Å². The lowest BCUT2D eigenvalue weighted by atomic mass is 10.1. The van der Waals surface area contributed by atoms with Crippen molar-refractivity contribution in [3.05, 3.63) is 29.0 Å². The molecule has 14 heavy (non-hydrogen) atoms. The van der Waals surface area contributed by atoms with Gasteiger partial charge in [-0.05, 0) is 25.1 Å². The molecule has 1 rings (SSSR count). The summed E-state index contributed by atoms with van der Waals surface area (Å²) in [6.07, 6.45) is 3.50. The number of aliphatic carboxylic acids is 1. The van der Waals surface area contributed by atoms with E-state index in [9.17, 15) is 4.79 Å². The van der Waals surface area contributed by atoms with E-state index in [0.717, 1.165) is 5.56 Å². The molecule has 0 bridgehead atoms. The van der Waals surface area contributed by atoms with Crippen molar-refractivity contribution in [2.75, 3.05) is 7.05 Å². The zero-order chi connectivity index (χ0) is 10.6. The molecule has 0 aliphatic rings. The van der Waals surface area contributed by atoms with Crippen molar-refractivity contribution < 1.29 is 9.90 Å². The fourth-order valence-corrected chi connectivity index (χ4v) is 1.31. The number of carboxylic acids is 1. The molecule has 2 N–H and O–H groups in total. The first-order chi connectivity index (χ1) is 6.63. The number of carboxylic acid groups (broad SMARTS) is 1. The van der Waals surface area contributed by atoms with Crippen LogP contribution in [0.2, 0.25) is 5.02 Å². The highest BCUT2D eigenvalue weighted by atomic mass is 35.5. The van der Waals surface area contributed by atoms with Gasteiger partial charge in [-0.25, -0.2) is 0 Å². The molecule has 0 aliphatic heterocycles. The summed E-state index contributed by atoms with van der Waals surface area (Å²) in [6.45, 7) is 0. The van der Waals surface area contributed by atoms with Crippen molar-refractivity contribution in [3.63, 3.8) is 0 Å². The summed E-state index contributed by atoms with van der Waals surface area (Å²) in [5.41, 5.74) is 0.805. The van der Waals surface area contributed by atoms with E-state index < -0.39 is 12.0 Å². The monoisotopic (exact) mass is 214 g/mol. The molecule has 1 aromatic heterocycles. The van der Waals surface area contributed by atoms with Crippen LogP contribution in [0.25, 0.3) is 0 Å². The Balaban J connectivity index is 2.72. The Kier molecular flexibility index (Phi) is 3.85. The van der Waals surface area contributed by atoms with Gasteiger partial charge in [-0.3, -0.25) is 9.78 Å². The van der Waals surface area contributed by atoms with Gasteiger partial charge in [0.05, 0.1) is 5.02 Å². The third-order valence-corrected chi connectivity index (χ3v) is 2.05. The molecule has 1 aromatic rings. The Morgan fingerprint density at radius 1 is 1.71 bits per heavy atom. The zero-order valence-corrected chi connectivity index (χ0v) is 8.45. The maximum atomic E-state index is 10.7. The summed E-state index contributed by atoms with van der Waals surface area (Å²) < 4.78 is 0. The number of carbonyl (C=O) groups is 1. The zero-order valence-electron chi connectivity index (χ0n) is 7.70. The van der Waals surface area contributed by atoms with E-state index in [0.29, 0.717) is 11.4 Å². The highest BCUT2D eigenvalue weighted by molar-refractivity contribution is 6.30. The normalized spacial score (nSPS) is 12.4. The number of hydrogen-bond donors (Lipinski definition) is 2. The smallest absolute Gasteiger partial charge is 0.321 e. The first kappa shape index (κ1) is 10.9. The van der Waals surface area contributed by atoms with Crippen LogP contribution in [-0.4, -0.2) is 29.1 Å². The largest absolute Gasteiger partial charge is 0.480 e. The predicted molar refractivity (Wildman–Crippen MR) is 53.4 cm³/mol. The Bertz CT molecular complexity index is 330. The number of aromatic nitrogens is 1. The van der Waals surface area contributed by atoms with Crippen molar-refractivity contribution in [2.45, 2.75) is 12.5 Å². The summed E-state index contributed by atoms with van der Waals surface area (Å²) in [6, 6.07) is 1.11. The average Bonchev–Trinajstić information content (AvgIpc) is 2.14. The number of nitrogens with one attached hydrogen (secondary N) is 1. The molecule has 1 atom stereocenters. The highest BCUT2D eigenvalue weighted by Crippen LogP contribution is 2.10. The maximum Gasteiger partial charge on any atom is 0.321 e. The minimum Gasteiger partial charge on any atom is -0.480 e. The molecule has 0 fully saturated rings. The second-order valence-electron chi connectivity index (χ2n) is 2.90. The van der Waals surface area contributed by atoms with Crippen molar-refractivity contribution in [3.8, 4) is 0 Å². The molecule has 0 spiro atoms.